The predicted molar refractivity (Wildman–Crippen MR) is 130 cm³/mol. The fourth-order valence-corrected chi connectivity index (χ4v) is 3.23. The summed E-state index contributed by atoms with van der Waals surface area (Å²) < 4.78 is 21.8. The fraction of sp³-hybridized carbons (Fsp3) is 0.231. The monoisotopic (exact) mass is 461 g/mol. The zero-order valence-corrected chi connectivity index (χ0v) is 19.4. The average Bonchev–Trinajstić information content (AvgIpc) is 3.36. The van der Waals surface area contributed by atoms with Gasteiger partial charge in [-0.3, -0.25) is 9.89 Å². The van der Waals surface area contributed by atoms with E-state index >= 15 is 0 Å². The molecule has 0 aliphatic rings. The van der Waals surface area contributed by atoms with E-state index in [1.807, 2.05) is 30.3 Å². The van der Waals surface area contributed by atoms with Crippen molar-refractivity contribution in [3.05, 3.63) is 66.4 Å². The Bertz CT molecular complexity index is 1180. The summed E-state index contributed by atoms with van der Waals surface area (Å²) in [6, 6.07) is 12.9. The largest absolute Gasteiger partial charge is 0.493 e. The molecule has 0 spiro atoms. The number of nitrogens with zero attached hydrogens (tertiary/aromatic N) is 1. The lowest BCUT2D eigenvalue weighted by atomic mass is 10.1. The zero-order chi connectivity index (χ0) is 24.3. The van der Waals surface area contributed by atoms with E-state index in [1.54, 1.807) is 18.2 Å². The molecule has 8 heteroatoms. The Morgan fingerprint density at radius 1 is 1.06 bits per heavy atom. The van der Waals surface area contributed by atoms with Crippen LogP contribution in [0.1, 0.15) is 16.1 Å². The lowest BCUT2D eigenvalue weighted by molar-refractivity contribution is 0.0953. The molecule has 8 nitrogen and oxygen atoms in total. The Morgan fingerprint density at radius 2 is 1.79 bits per heavy atom. The Kier molecular flexibility index (Phi) is 8.58. The summed E-state index contributed by atoms with van der Waals surface area (Å²) in [5, 5.41) is 9.71. The summed E-state index contributed by atoms with van der Waals surface area (Å²) in [4.78, 5) is 12.4. The van der Waals surface area contributed by atoms with Gasteiger partial charge in [-0.05, 0) is 36.2 Å². The molecule has 3 rings (SSSR count). The number of allylic oxidation sites excluding steroid dienone is 1. The van der Waals surface area contributed by atoms with Gasteiger partial charge in [-0.2, -0.15) is 5.10 Å². The van der Waals surface area contributed by atoms with Crippen LogP contribution in [0.3, 0.4) is 0 Å². The van der Waals surface area contributed by atoms with Gasteiger partial charge in [0.1, 0.15) is 18.1 Å². The maximum Gasteiger partial charge on any atom is 0.270 e. The molecule has 0 radical (unpaired) electrons. The first-order valence-electron chi connectivity index (χ1n) is 10.5. The molecular weight excluding hydrogens is 434 g/mol. The highest BCUT2D eigenvalue weighted by Crippen LogP contribution is 2.40. The fourth-order valence-electron chi connectivity index (χ4n) is 3.23. The number of carbonyl (C=O) groups excluding carboxylic acids is 1. The third kappa shape index (κ3) is 5.90. The number of hydrogen-bond donors (Lipinski definition) is 2. The normalized spacial score (nSPS) is 9.97. The number of methoxy groups -OCH3 is 3. The van der Waals surface area contributed by atoms with Crippen LogP contribution in [0, 0.1) is 11.8 Å². The standard InChI is InChI=1S/C26H27N3O5/c1-5-10-18-11-6-7-12-22(18)34-14-9-8-13-27-26(30)21-17-20(28-29-21)19-15-23(31-2)25(33-4)24(16-19)32-3/h5-7,11-12,15-17H,1,10,13-14H2,2-4H3,(H,27,30)(H,28,29). The molecule has 0 aliphatic heterocycles. The molecule has 1 heterocycles. The van der Waals surface area contributed by atoms with Gasteiger partial charge >= 0.3 is 0 Å². The van der Waals surface area contributed by atoms with Crippen LogP contribution in [0.5, 0.6) is 23.0 Å². The van der Waals surface area contributed by atoms with E-state index in [9.17, 15) is 4.79 Å². The van der Waals surface area contributed by atoms with E-state index in [-0.39, 0.29) is 19.1 Å². The Balaban J connectivity index is 1.57. The quantitative estimate of drug-likeness (QED) is 0.354. The minimum atomic E-state index is -0.322. The van der Waals surface area contributed by atoms with Crippen molar-refractivity contribution in [2.75, 3.05) is 34.5 Å². The number of rotatable bonds is 10. The van der Waals surface area contributed by atoms with Crippen molar-refractivity contribution in [3.63, 3.8) is 0 Å². The van der Waals surface area contributed by atoms with Crippen LogP contribution in [-0.2, 0) is 6.42 Å². The second-order valence-electron chi connectivity index (χ2n) is 7.01. The molecule has 3 aromatic rings. The smallest absolute Gasteiger partial charge is 0.270 e. The van der Waals surface area contributed by atoms with Gasteiger partial charge in [0.05, 0.1) is 33.6 Å². The van der Waals surface area contributed by atoms with Crippen LogP contribution in [-0.4, -0.2) is 50.6 Å². The van der Waals surface area contributed by atoms with Gasteiger partial charge in [-0.15, -0.1) is 6.58 Å². The summed E-state index contributed by atoms with van der Waals surface area (Å²) >= 11 is 0. The van der Waals surface area contributed by atoms with E-state index in [0.717, 1.165) is 17.7 Å². The number of ether oxygens (including phenoxy) is 4. The Hall–Kier alpha value is -4.38. The van der Waals surface area contributed by atoms with Crippen LogP contribution < -0.4 is 24.3 Å². The number of hydrogen-bond acceptors (Lipinski definition) is 6. The van der Waals surface area contributed by atoms with Crippen LogP contribution in [0.25, 0.3) is 11.3 Å². The van der Waals surface area contributed by atoms with Gasteiger partial charge in [0.25, 0.3) is 5.91 Å². The molecule has 1 amide bonds. The van der Waals surface area contributed by atoms with E-state index in [4.69, 9.17) is 18.9 Å². The number of amides is 1. The number of para-hydroxylation sites is 1. The summed E-state index contributed by atoms with van der Waals surface area (Å²) in [5.41, 5.74) is 2.62. The van der Waals surface area contributed by atoms with E-state index in [0.29, 0.717) is 34.2 Å². The highest BCUT2D eigenvalue weighted by molar-refractivity contribution is 5.93. The van der Waals surface area contributed by atoms with Crippen LogP contribution in [0.15, 0.2) is 55.1 Å². The first-order chi connectivity index (χ1) is 16.6. The molecule has 176 valence electrons. The van der Waals surface area contributed by atoms with Gasteiger partial charge < -0.3 is 24.3 Å². The maximum absolute atomic E-state index is 12.4. The molecule has 0 bridgehead atoms. The zero-order valence-electron chi connectivity index (χ0n) is 19.4. The summed E-state index contributed by atoms with van der Waals surface area (Å²) in [7, 11) is 4.61. The van der Waals surface area contributed by atoms with Gasteiger partial charge in [-0.25, -0.2) is 0 Å². The second-order valence-corrected chi connectivity index (χ2v) is 7.01. The average molecular weight is 462 g/mol. The van der Waals surface area contributed by atoms with Crippen LogP contribution in [0.4, 0.5) is 0 Å². The number of carbonyl (C=O) groups is 1. The number of H-pyrrole nitrogens is 1. The third-order valence-corrected chi connectivity index (χ3v) is 4.88. The maximum atomic E-state index is 12.4. The highest BCUT2D eigenvalue weighted by Gasteiger charge is 2.17. The molecule has 0 saturated heterocycles. The third-order valence-electron chi connectivity index (χ3n) is 4.88. The van der Waals surface area contributed by atoms with Crippen molar-refractivity contribution in [1.82, 2.24) is 15.5 Å². The SMILES string of the molecule is C=CCc1ccccc1OCC#CCNC(=O)c1cc(-c2cc(OC)c(OC)c(OC)c2)n[nH]1. The van der Waals surface area contributed by atoms with E-state index < -0.39 is 0 Å². The van der Waals surface area contributed by atoms with Gasteiger partial charge in [0.2, 0.25) is 5.75 Å². The number of benzene rings is 2. The molecule has 0 saturated carbocycles. The lowest BCUT2D eigenvalue weighted by Gasteiger charge is -2.13. The number of nitrogens with one attached hydrogen (secondary N) is 2. The van der Waals surface area contributed by atoms with Gasteiger partial charge in [0.15, 0.2) is 11.5 Å². The van der Waals surface area contributed by atoms with Crippen LogP contribution >= 0.6 is 0 Å². The molecule has 0 atom stereocenters. The molecule has 0 fully saturated rings. The van der Waals surface area contributed by atoms with Crippen molar-refractivity contribution >= 4 is 5.91 Å². The number of aromatic amines is 1. The summed E-state index contributed by atoms with van der Waals surface area (Å²) in [6.45, 7) is 4.15. The molecule has 34 heavy (non-hydrogen) atoms. The Morgan fingerprint density at radius 3 is 2.47 bits per heavy atom. The molecular formula is C26H27N3O5. The van der Waals surface area contributed by atoms with Crippen molar-refractivity contribution < 1.29 is 23.7 Å². The second kappa shape index (κ2) is 12.0. The first-order valence-corrected chi connectivity index (χ1v) is 10.5. The molecule has 0 unspecified atom stereocenters. The Labute approximate surface area is 198 Å². The number of aromatic nitrogens is 2. The first kappa shape index (κ1) is 24.3. The predicted octanol–water partition coefficient (Wildman–Crippen LogP) is 3.64. The van der Waals surface area contributed by atoms with Crippen molar-refractivity contribution in [1.29, 1.82) is 0 Å². The molecule has 2 N–H and O–H groups in total. The minimum absolute atomic E-state index is 0.176. The van der Waals surface area contributed by atoms with E-state index in [1.165, 1.54) is 21.3 Å². The summed E-state index contributed by atoms with van der Waals surface area (Å²) in [5.74, 6) is 7.71. The van der Waals surface area contributed by atoms with Crippen molar-refractivity contribution in [2.45, 2.75) is 6.42 Å². The molecule has 0 aliphatic carbocycles. The topological polar surface area (TPSA) is 94.7 Å². The van der Waals surface area contributed by atoms with Gasteiger partial charge in [0, 0.05) is 5.56 Å². The molecule has 1 aromatic heterocycles. The van der Waals surface area contributed by atoms with Crippen molar-refractivity contribution in [3.8, 4) is 46.1 Å². The van der Waals surface area contributed by atoms with Crippen molar-refractivity contribution in [2.24, 2.45) is 0 Å². The molecule has 2 aromatic carbocycles. The lowest BCUT2D eigenvalue weighted by Crippen LogP contribution is -2.24. The van der Waals surface area contributed by atoms with Gasteiger partial charge in [-0.1, -0.05) is 36.1 Å². The highest BCUT2D eigenvalue weighted by atomic mass is 16.5. The summed E-state index contributed by atoms with van der Waals surface area (Å²) in [6.07, 6.45) is 2.55. The van der Waals surface area contributed by atoms with E-state index in [2.05, 4.69) is 33.9 Å². The minimum Gasteiger partial charge on any atom is -0.493 e. The van der Waals surface area contributed by atoms with Crippen LogP contribution in [0.2, 0.25) is 0 Å².